The molecule has 0 spiro atoms. The highest BCUT2D eigenvalue weighted by atomic mass is 32.2. The summed E-state index contributed by atoms with van der Waals surface area (Å²) in [7, 11) is -3.89. The number of alkyl carbamates (subject to hydrolysis) is 1. The van der Waals surface area contributed by atoms with Gasteiger partial charge in [0.25, 0.3) is 0 Å². The van der Waals surface area contributed by atoms with Crippen LogP contribution in [-0.2, 0) is 26.0 Å². The van der Waals surface area contributed by atoms with E-state index in [0.29, 0.717) is 18.5 Å². The van der Waals surface area contributed by atoms with E-state index in [1.165, 1.54) is 28.6 Å². The lowest BCUT2D eigenvalue weighted by Gasteiger charge is -2.31. The summed E-state index contributed by atoms with van der Waals surface area (Å²) in [5, 5.41) is 17.7. The molecule has 42 heavy (non-hydrogen) atoms. The second-order valence-electron chi connectivity index (χ2n) is 10.6. The predicted octanol–water partition coefficient (Wildman–Crippen LogP) is 3.68. The van der Waals surface area contributed by atoms with Crippen LogP contribution in [0.3, 0.4) is 0 Å². The van der Waals surface area contributed by atoms with Crippen molar-refractivity contribution in [3.63, 3.8) is 0 Å². The highest BCUT2D eigenvalue weighted by Crippen LogP contribution is 2.23. The third-order valence-electron chi connectivity index (χ3n) is 6.85. The highest BCUT2D eigenvalue weighted by Gasteiger charge is 2.31. The number of aliphatic hydroxyl groups is 1. The van der Waals surface area contributed by atoms with Crippen LogP contribution in [0.1, 0.15) is 39.2 Å². The fourth-order valence-electron chi connectivity index (χ4n) is 4.79. The summed E-state index contributed by atoms with van der Waals surface area (Å²) in [6.45, 7) is 5.75. The number of hydrogen-bond donors (Lipinski definition) is 4. The van der Waals surface area contributed by atoms with E-state index in [-0.39, 0.29) is 49.4 Å². The Labute approximate surface area is 248 Å². The SMILES string of the molecule is CCOC(=O)NC(Cc1cccc2ccccc12)C(=O)NCCCC(CO)N(CC(C)C)S(=O)(=O)c1ccc(N)cc1. The van der Waals surface area contributed by atoms with Crippen LogP contribution in [0.5, 0.6) is 0 Å². The second kappa shape index (κ2) is 15.5. The van der Waals surface area contributed by atoms with Crippen molar-refractivity contribution >= 4 is 38.5 Å². The molecule has 0 aliphatic heterocycles. The first-order chi connectivity index (χ1) is 20.1. The zero-order valence-corrected chi connectivity index (χ0v) is 25.3. The van der Waals surface area contributed by atoms with Crippen LogP contribution in [0, 0.1) is 5.92 Å². The smallest absolute Gasteiger partial charge is 0.407 e. The minimum atomic E-state index is -3.89. The van der Waals surface area contributed by atoms with Gasteiger partial charge in [-0.15, -0.1) is 0 Å². The molecule has 2 amide bonds. The molecule has 0 saturated carbocycles. The number of ether oxygens (including phenoxy) is 1. The molecule has 2 unspecified atom stereocenters. The number of rotatable bonds is 15. The minimum absolute atomic E-state index is 0.0195. The van der Waals surface area contributed by atoms with Gasteiger partial charge in [-0.25, -0.2) is 13.2 Å². The van der Waals surface area contributed by atoms with E-state index in [2.05, 4.69) is 10.6 Å². The maximum Gasteiger partial charge on any atom is 0.407 e. The van der Waals surface area contributed by atoms with Gasteiger partial charge in [-0.3, -0.25) is 4.79 Å². The quantitative estimate of drug-likeness (QED) is 0.154. The lowest BCUT2D eigenvalue weighted by Crippen LogP contribution is -2.48. The van der Waals surface area contributed by atoms with Gasteiger partial charge in [-0.2, -0.15) is 4.31 Å². The van der Waals surface area contributed by atoms with Crippen molar-refractivity contribution < 1.29 is 27.9 Å². The third kappa shape index (κ3) is 8.91. The number of nitrogens with one attached hydrogen (secondary N) is 2. The lowest BCUT2D eigenvalue weighted by atomic mass is 9.98. The molecule has 5 N–H and O–H groups in total. The molecule has 10 nitrogen and oxygen atoms in total. The Morgan fingerprint density at radius 3 is 2.38 bits per heavy atom. The molecule has 3 rings (SSSR count). The van der Waals surface area contributed by atoms with E-state index in [0.717, 1.165) is 16.3 Å². The molecule has 0 aliphatic rings. The van der Waals surface area contributed by atoms with Crippen molar-refractivity contribution in [2.45, 2.75) is 57.0 Å². The minimum Gasteiger partial charge on any atom is -0.450 e. The lowest BCUT2D eigenvalue weighted by molar-refractivity contribution is -0.123. The molecule has 0 heterocycles. The zero-order chi connectivity index (χ0) is 30.7. The number of nitrogen functional groups attached to an aromatic ring is 1. The van der Waals surface area contributed by atoms with Gasteiger partial charge >= 0.3 is 6.09 Å². The van der Waals surface area contributed by atoms with E-state index < -0.39 is 28.2 Å². The summed E-state index contributed by atoms with van der Waals surface area (Å²) >= 11 is 0. The van der Waals surface area contributed by atoms with E-state index in [4.69, 9.17) is 10.5 Å². The van der Waals surface area contributed by atoms with Crippen LogP contribution in [0.25, 0.3) is 10.8 Å². The number of carbonyl (C=O) groups excluding carboxylic acids is 2. The molecule has 0 bridgehead atoms. The van der Waals surface area contributed by atoms with E-state index in [1.807, 2.05) is 56.3 Å². The van der Waals surface area contributed by atoms with Gasteiger partial charge in [0, 0.05) is 31.2 Å². The van der Waals surface area contributed by atoms with Crippen LogP contribution in [0.4, 0.5) is 10.5 Å². The third-order valence-corrected chi connectivity index (χ3v) is 8.78. The van der Waals surface area contributed by atoms with E-state index in [9.17, 15) is 23.1 Å². The first-order valence-electron chi connectivity index (χ1n) is 14.2. The number of fused-ring (bicyclic) bond motifs is 1. The van der Waals surface area contributed by atoms with Crippen LogP contribution in [-0.4, -0.2) is 68.2 Å². The Hall–Kier alpha value is -3.67. The number of hydrogen-bond acceptors (Lipinski definition) is 7. The maximum absolute atomic E-state index is 13.5. The molecule has 2 atom stereocenters. The molecule has 0 aromatic heterocycles. The normalized spacial score (nSPS) is 13.2. The summed E-state index contributed by atoms with van der Waals surface area (Å²) < 4.78 is 33.3. The van der Waals surface area contributed by atoms with E-state index in [1.54, 1.807) is 6.92 Å². The average Bonchev–Trinajstić information content (AvgIpc) is 2.96. The molecular weight excluding hydrogens is 556 g/mol. The molecular formula is C31H42N4O6S. The van der Waals surface area contributed by atoms with Crippen molar-refractivity contribution in [1.29, 1.82) is 0 Å². The van der Waals surface area contributed by atoms with Crippen molar-refractivity contribution in [3.8, 4) is 0 Å². The predicted molar refractivity (Wildman–Crippen MR) is 164 cm³/mol. The van der Waals surface area contributed by atoms with Gasteiger partial charge in [-0.05, 0) is 66.3 Å². The van der Waals surface area contributed by atoms with Gasteiger partial charge < -0.3 is 26.2 Å². The summed E-state index contributed by atoms with van der Waals surface area (Å²) in [6.07, 6.45) is 0.295. The van der Waals surface area contributed by atoms with Crippen molar-refractivity contribution in [3.05, 3.63) is 72.3 Å². The number of nitrogens with zero attached hydrogens (tertiary/aromatic N) is 1. The Kier molecular flexibility index (Phi) is 12.1. The highest BCUT2D eigenvalue weighted by molar-refractivity contribution is 7.89. The summed E-state index contributed by atoms with van der Waals surface area (Å²) in [5.41, 5.74) is 7.09. The Morgan fingerprint density at radius 2 is 1.71 bits per heavy atom. The molecule has 228 valence electrons. The molecule has 0 aliphatic carbocycles. The number of carbonyl (C=O) groups is 2. The van der Waals surface area contributed by atoms with Crippen molar-refractivity contribution in [1.82, 2.24) is 14.9 Å². The van der Waals surface area contributed by atoms with E-state index >= 15 is 0 Å². The first kappa shape index (κ1) is 32.8. The fraction of sp³-hybridized carbons (Fsp3) is 0.419. The van der Waals surface area contributed by atoms with Gasteiger partial charge in [0.2, 0.25) is 15.9 Å². The fourth-order valence-corrected chi connectivity index (χ4v) is 6.60. The molecule has 0 fully saturated rings. The summed E-state index contributed by atoms with van der Waals surface area (Å²) in [5.74, 6) is -0.365. The Morgan fingerprint density at radius 1 is 1.02 bits per heavy atom. The molecule has 3 aromatic carbocycles. The number of anilines is 1. The first-order valence-corrected chi connectivity index (χ1v) is 15.7. The zero-order valence-electron chi connectivity index (χ0n) is 24.5. The molecule has 11 heteroatoms. The van der Waals surface area contributed by atoms with Crippen LogP contribution in [0.2, 0.25) is 0 Å². The van der Waals surface area contributed by atoms with Crippen molar-refractivity contribution in [2.75, 3.05) is 32.0 Å². The molecule has 0 radical (unpaired) electrons. The Bertz CT molecular complexity index is 1420. The molecule has 0 saturated heterocycles. The average molecular weight is 599 g/mol. The Balaban J connectivity index is 1.69. The number of aliphatic hydroxyl groups excluding tert-OH is 1. The van der Waals surface area contributed by atoms with Crippen LogP contribution < -0.4 is 16.4 Å². The number of sulfonamides is 1. The van der Waals surface area contributed by atoms with Crippen LogP contribution in [0.15, 0.2) is 71.6 Å². The van der Waals surface area contributed by atoms with Gasteiger partial charge in [0.05, 0.1) is 18.1 Å². The summed E-state index contributed by atoms with van der Waals surface area (Å²) in [4.78, 5) is 25.6. The van der Waals surface area contributed by atoms with Crippen molar-refractivity contribution in [2.24, 2.45) is 5.92 Å². The molecule has 3 aromatic rings. The monoisotopic (exact) mass is 598 g/mol. The summed E-state index contributed by atoms with van der Waals surface area (Å²) in [6, 6.07) is 18.1. The number of amides is 2. The van der Waals surface area contributed by atoms with Gasteiger partial charge in [0.15, 0.2) is 0 Å². The largest absolute Gasteiger partial charge is 0.450 e. The maximum atomic E-state index is 13.5. The standard InChI is InChI=1S/C31H42N4O6S/c1-4-41-31(38)34-29(19-24-11-7-10-23-9-5-6-13-28(23)24)30(37)33-18-8-12-26(21-36)35(20-22(2)3)42(39,40)27-16-14-25(32)15-17-27/h5-7,9-11,13-17,22,26,29,36H,4,8,12,18-21,32H2,1-3H3,(H,33,37)(H,34,38). The second-order valence-corrected chi connectivity index (χ2v) is 12.5. The van der Waals surface area contributed by atoms with Gasteiger partial charge in [0.1, 0.15) is 6.04 Å². The number of benzene rings is 3. The number of nitrogens with two attached hydrogens (primary N) is 1. The topological polar surface area (TPSA) is 151 Å². The van der Waals surface area contributed by atoms with Crippen LogP contribution >= 0.6 is 0 Å². The van der Waals surface area contributed by atoms with Gasteiger partial charge in [-0.1, -0.05) is 56.3 Å².